The summed E-state index contributed by atoms with van der Waals surface area (Å²) in [5.41, 5.74) is 0.739. The highest BCUT2D eigenvalue weighted by Gasteiger charge is 2.19. The van der Waals surface area contributed by atoms with Crippen LogP contribution >= 0.6 is 12.2 Å². The molecule has 0 aromatic heterocycles. The number of benzene rings is 1. The molecule has 2 rings (SSSR count). The van der Waals surface area contributed by atoms with Gasteiger partial charge in [0, 0.05) is 5.56 Å². The first-order valence-corrected chi connectivity index (χ1v) is 4.07. The average Bonchev–Trinajstić information content (AvgIpc) is 2.52. The summed E-state index contributed by atoms with van der Waals surface area (Å²) in [4.78, 5) is 0. The van der Waals surface area contributed by atoms with Crippen LogP contribution in [0.25, 0.3) is 0 Å². The molecule has 66 valence electrons. The molecule has 0 saturated carbocycles. The summed E-state index contributed by atoms with van der Waals surface area (Å²) in [6.45, 7) is 0. The fourth-order valence-electron chi connectivity index (χ4n) is 1.06. The van der Waals surface area contributed by atoms with E-state index < -0.39 is 6.23 Å². The van der Waals surface area contributed by atoms with Gasteiger partial charge in [0.05, 0.1) is 0 Å². The molecule has 0 fully saturated rings. The molecule has 1 aliphatic rings. The van der Waals surface area contributed by atoms with Gasteiger partial charge < -0.3 is 9.84 Å². The van der Waals surface area contributed by atoms with Crippen molar-refractivity contribution in [2.75, 3.05) is 0 Å². The first-order valence-electron chi connectivity index (χ1n) is 3.66. The van der Waals surface area contributed by atoms with Crippen molar-refractivity contribution in [3.8, 4) is 5.75 Å². The van der Waals surface area contributed by atoms with E-state index in [1.165, 1.54) is 0 Å². The Labute approximate surface area is 79.9 Å². The van der Waals surface area contributed by atoms with Gasteiger partial charge in [-0.1, -0.05) is 12.1 Å². The summed E-state index contributed by atoms with van der Waals surface area (Å²) < 4.78 is 5.09. The molecule has 1 unspecified atom stereocenters. The van der Waals surface area contributed by atoms with Crippen LogP contribution in [0.2, 0.25) is 0 Å². The van der Waals surface area contributed by atoms with Gasteiger partial charge in [-0.3, -0.25) is 0 Å². The zero-order valence-electron chi connectivity index (χ0n) is 6.54. The second-order valence-corrected chi connectivity index (χ2v) is 2.90. The highest BCUT2D eigenvalue weighted by Crippen LogP contribution is 2.26. The first-order chi connectivity index (χ1) is 6.25. The number of nitrogens with zero attached hydrogens (tertiary/aromatic N) is 2. The van der Waals surface area contributed by atoms with Crippen LogP contribution in [0, 0.1) is 0 Å². The quantitative estimate of drug-likeness (QED) is 0.697. The highest BCUT2D eigenvalue weighted by atomic mass is 32.1. The lowest BCUT2D eigenvalue weighted by Gasteiger charge is -2.05. The Balaban J connectivity index is 2.27. The van der Waals surface area contributed by atoms with E-state index in [0.29, 0.717) is 0 Å². The number of phenols is 1. The van der Waals surface area contributed by atoms with E-state index in [0.717, 1.165) is 5.56 Å². The molecule has 0 radical (unpaired) electrons. The minimum atomic E-state index is -0.500. The van der Waals surface area contributed by atoms with Gasteiger partial charge in [-0.2, -0.15) is 0 Å². The van der Waals surface area contributed by atoms with Gasteiger partial charge in [-0.15, -0.1) is 10.2 Å². The van der Waals surface area contributed by atoms with Crippen LogP contribution in [0.4, 0.5) is 0 Å². The molecule has 0 spiro atoms. The summed E-state index contributed by atoms with van der Waals surface area (Å²) in [5, 5.41) is 16.7. The van der Waals surface area contributed by atoms with Crippen LogP contribution in [0.5, 0.6) is 5.75 Å². The Hall–Kier alpha value is -1.49. The number of hydrogen-bond acceptors (Lipinski definition) is 4. The number of phenolic OH excluding ortho intramolecular Hbond substituents is 1. The van der Waals surface area contributed by atoms with Crippen molar-refractivity contribution >= 4 is 17.4 Å². The molecule has 0 aliphatic carbocycles. The maximum Gasteiger partial charge on any atom is 0.304 e. The van der Waals surface area contributed by atoms with Gasteiger partial charge in [-0.25, -0.2) is 0 Å². The Bertz CT molecular complexity index is 378. The smallest absolute Gasteiger partial charge is 0.304 e. The van der Waals surface area contributed by atoms with Gasteiger partial charge in [0.2, 0.25) is 6.23 Å². The molecule has 1 aromatic rings. The Kier molecular flexibility index (Phi) is 1.94. The molecule has 1 atom stereocenters. The Morgan fingerprint density at radius 2 is 2.31 bits per heavy atom. The normalized spacial score (nSPS) is 20.3. The van der Waals surface area contributed by atoms with Crippen LogP contribution in [-0.2, 0) is 4.74 Å². The zero-order valence-corrected chi connectivity index (χ0v) is 7.36. The van der Waals surface area contributed by atoms with E-state index in [4.69, 9.17) is 4.74 Å². The molecule has 0 bridgehead atoms. The predicted molar refractivity (Wildman–Crippen MR) is 49.4 cm³/mol. The number of thiocarbonyl (C=S) groups is 1. The molecular weight excluding hydrogens is 188 g/mol. The number of aromatic hydroxyl groups is 1. The van der Waals surface area contributed by atoms with E-state index in [1.54, 1.807) is 24.3 Å². The van der Waals surface area contributed by atoms with E-state index in [9.17, 15) is 5.11 Å². The molecule has 1 aromatic carbocycles. The van der Waals surface area contributed by atoms with Crippen LogP contribution in [0.15, 0.2) is 34.5 Å². The lowest BCUT2D eigenvalue weighted by atomic mass is 10.2. The SMILES string of the molecule is Oc1cccc(C2N=NC(=S)O2)c1. The summed E-state index contributed by atoms with van der Waals surface area (Å²) in [7, 11) is 0. The van der Waals surface area contributed by atoms with Crippen LogP contribution in [-0.4, -0.2) is 10.3 Å². The molecule has 1 N–H and O–H groups in total. The van der Waals surface area contributed by atoms with Gasteiger partial charge >= 0.3 is 5.17 Å². The summed E-state index contributed by atoms with van der Waals surface area (Å²) >= 11 is 4.68. The molecule has 5 heteroatoms. The van der Waals surface area contributed by atoms with E-state index in [1.807, 2.05) is 0 Å². The summed E-state index contributed by atoms with van der Waals surface area (Å²) in [6, 6.07) is 6.65. The molecule has 1 aliphatic heterocycles. The van der Waals surface area contributed by atoms with Crippen molar-refractivity contribution < 1.29 is 9.84 Å². The molecular formula is C8H6N2O2S. The van der Waals surface area contributed by atoms with Crippen molar-refractivity contribution in [1.29, 1.82) is 0 Å². The lowest BCUT2D eigenvalue weighted by molar-refractivity contribution is 0.227. The fourth-order valence-corrected chi connectivity index (χ4v) is 1.19. The third-order valence-electron chi connectivity index (χ3n) is 1.61. The van der Waals surface area contributed by atoms with Gasteiger partial charge in [-0.05, 0) is 24.4 Å². The maximum atomic E-state index is 9.18. The van der Waals surface area contributed by atoms with Gasteiger partial charge in [0.1, 0.15) is 5.75 Å². The number of ether oxygens (including phenoxy) is 1. The van der Waals surface area contributed by atoms with Gasteiger partial charge in [0.15, 0.2) is 0 Å². The third-order valence-corrected chi connectivity index (χ3v) is 1.79. The standard InChI is InChI=1S/C8H6N2O2S/c11-6-3-1-2-5(4-6)7-9-10-8(13)12-7/h1-4,7,11H. The van der Waals surface area contributed by atoms with Crippen molar-refractivity contribution in [3.63, 3.8) is 0 Å². The zero-order chi connectivity index (χ0) is 9.26. The van der Waals surface area contributed by atoms with Crippen molar-refractivity contribution in [2.24, 2.45) is 10.2 Å². The third kappa shape index (κ3) is 1.65. The van der Waals surface area contributed by atoms with Crippen LogP contribution in [0.3, 0.4) is 0 Å². The Morgan fingerprint density at radius 3 is 2.92 bits per heavy atom. The largest absolute Gasteiger partial charge is 0.508 e. The van der Waals surface area contributed by atoms with Crippen LogP contribution in [0.1, 0.15) is 11.8 Å². The van der Waals surface area contributed by atoms with Crippen molar-refractivity contribution in [3.05, 3.63) is 29.8 Å². The second-order valence-electron chi connectivity index (χ2n) is 2.55. The van der Waals surface area contributed by atoms with E-state index in [-0.39, 0.29) is 10.9 Å². The van der Waals surface area contributed by atoms with Crippen LogP contribution < -0.4 is 0 Å². The second kappa shape index (κ2) is 3.10. The minimum Gasteiger partial charge on any atom is -0.508 e. The number of rotatable bonds is 1. The minimum absolute atomic E-state index is 0.133. The van der Waals surface area contributed by atoms with Crippen molar-refractivity contribution in [2.45, 2.75) is 6.23 Å². The topological polar surface area (TPSA) is 54.2 Å². The molecule has 0 amide bonds. The first kappa shape index (κ1) is 8.12. The lowest BCUT2D eigenvalue weighted by Crippen LogP contribution is -1.97. The summed E-state index contributed by atoms with van der Waals surface area (Å²) in [5.74, 6) is 0.175. The monoisotopic (exact) mass is 194 g/mol. The van der Waals surface area contributed by atoms with E-state index >= 15 is 0 Å². The highest BCUT2D eigenvalue weighted by molar-refractivity contribution is 7.80. The average molecular weight is 194 g/mol. The predicted octanol–water partition coefficient (Wildman–Crippen LogP) is 2.16. The van der Waals surface area contributed by atoms with E-state index in [2.05, 4.69) is 22.4 Å². The fraction of sp³-hybridized carbons (Fsp3) is 0.125. The number of hydrogen-bond donors (Lipinski definition) is 1. The molecule has 1 heterocycles. The molecule has 4 nitrogen and oxygen atoms in total. The Morgan fingerprint density at radius 1 is 1.46 bits per heavy atom. The van der Waals surface area contributed by atoms with Crippen molar-refractivity contribution in [1.82, 2.24) is 0 Å². The van der Waals surface area contributed by atoms with Gasteiger partial charge in [0.25, 0.3) is 0 Å². The molecule has 13 heavy (non-hydrogen) atoms. The molecule has 0 saturated heterocycles. The maximum absolute atomic E-state index is 9.18. The summed E-state index contributed by atoms with van der Waals surface area (Å²) in [6.07, 6.45) is -0.500. The number of azo groups is 1.